The molecule has 0 radical (unpaired) electrons. The molecule has 3 atom stereocenters. The molecule has 1 saturated heterocycles. The van der Waals surface area contributed by atoms with Crippen molar-refractivity contribution in [1.82, 2.24) is 5.32 Å². The number of methoxy groups -OCH3 is 1. The molecule has 4 rings (SSSR count). The molecule has 7 nitrogen and oxygen atoms in total. The van der Waals surface area contributed by atoms with Gasteiger partial charge in [0.25, 0.3) is 0 Å². The van der Waals surface area contributed by atoms with E-state index in [1.54, 1.807) is 39.2 Å². The van der Waals surface area contributed by atoms with E-state index in [1.807, 2.05) is 30.3 Å². The Morgan fingerprint density at radius 3 is 2.64 bits per heavy atom. The first-order valence-corrected chi connectivity index (χ1v) is 9.19. The van der Waals surface area contributed by atoms with E-state index in [0.717, 1.165) is 0 Å². The van der Waals surface area contributed by atoms with Gasteiger partial charge in [0.15, 0.2) is 11.5 Å². The van der Waals surface area contributed by atoms with Gasteiger partial charge in [-0.15, -0.1) is 0 Å². The number of hydrogen-bond acceptors (Lipinski definition) is 5. The number of benzene rings is 2. The summed E-state index contributed by atoms with van der Waals surface area (Å²) in [5.74, 6) is -0.131. The van der Waals surface area contributed by atoms with Crippen molar-refractivity contribution in [2.75, 3.05) is 18.6 Å². The van der Waals surface area contributed by atoms with Gasteiger partial charge >= 0.3 is 12.0 Å². The fourth-order valence-corrected chi connectivity index (χ4v) is 4.09. The van der Waals surface area contributed by atoms with E-state index in [0.29, 0.717) is 22.7 Å². The molecule has 0 spiro atoms. The highest BCUT2D eigenvalue weighted by atomic mass is 16.6. The van der Waals surface area contributed by atoms with Gasteiger partial charge in [-0.2, -0.15) is 0 Å². The number of carbonyl (C=O) groups excluding carboxylic acids is 2. The minimum Gasteiger partial charge on any atom is -0.493 e. The van der Waals surface area contributed by atoms with Crippen LogP contribution in [-0.4, -0.2) is 31.4 Å². The predicted molar refractivity (Wildman–Crippen MR) is 102 cm³/mol. The van der Waals surface area contributed by atoms with Crippen LogP contribution >= 0.6 is 0 Å². The molecule has 2 aliphatic heterocycles. The van der Waals surface area contributed by atoms with Crippen LogP contribution < -0.4 is 19.7 Å². The van der Waals surface area contributed by atoms with Crippen LogP contribution in [0.25, 0.3) is 0 Å². The van der Waals surface area contributed by atoms with E-state index in [9.17, 15) is 9.59 Å². The summed E-state index contributed by atoms with van der Waals surface area (Å²) < 4.78 is 17.2. The molecule has 2 amide bonds. The van der Waals surface area contributed by atoms with Crippen molar-refractivity contribution in [3.05, 3.63) is 54.1 Å². The fourth-order valence-electron chi connectivity index (χ4n) is 4.09. The highest BCUT2D eigenvalue weighted by Gasteiger charge is 2.61. The normalized spacial score (nSPS) is 25.2. The number of rotatable bonds is 4. The first-order chi connectivity index (χ1) is 13.5. The first-order valence-electron chi connectivity index (χ1n) is 9.19. The maximum atomic E-state index is 13.1. The lowest BCUT2D eigenvalue weighted by Crippen LogP contribution is -2.71. The lowest BCUT2D eigenvalue weighted by atomic mass is 9.79. The summed E-state index contributed by atoms with van der Waals surface area (Å²) >= 11 is 0. The van der Waals surface area contributed by atoms with Gasteiger partial charge in [0.1, 0.15) is 5.92 Å². The SMILES string of the molecule is CCOC(=O)[C@@H]1[C@H]2NC(=O)N(c3ccccc3)[C@@]1(C)Oc1c(OC)cccc12. The zero-order valence-corrected chi connectivity index (χ0v) is 16.0. The van der Waals surface area contributed by atoms with Gasteiger partial charge in [-0.1, -0.05) is 30.3 Å². The van der Waals surface area contributed by atoms with Crippen LogP contribution in [0.3, 0.4) is 0 Å². The van der Waals surface area contributed by atoms with Crippen molar-refractivity contribution in [3.63, 3.8) is 0 Å². The van der Waals surface area contributed by atoms with Crippen LogP contribution in [0.4, 0.5) is 10.5 Å². The number of fused-ring (bicyclic) bond motifs is 4. The number of nitrogens with one attached hydrogen (secondary N) is 1. The molecule has 0 saturated carbocycles. The van der Waals surface area contributed by atoms with E-state index in [4.69, 9.17) is 14.2 Å². The fraction of sp³-hybridized carbons (Fsp3) is 0.333. The quantitative estimate of drug-likeness (QED) is 0.822. The molecule has 2 aliphatic rings. The van der Waals surface area contributed by atoms with Crippen LogP contribution in [0.5, 0.6) is 11.5 Å². The number of carbonyl (C=O) groups is 2. The lowest BCUT2D eigenvalue weighted by Gasteiger charge is -2.54. The van der Waals surface area contributed by atoms with Gasteiger partial charge < -0.3 is 19.5 Å². The Balaban J connectivity index is 1.92. The number of anilines is 1. The number of ether oxygens (including phenoxy) is 3. The van der Waals surface area contributed by atoms with Crippen LogP contribution in [0, 0.1) is 5.92 Å². The minimum atomic E-state index is -1.29. The van der Waals surface area contributed by atoms with Gasteiger partial charge in [-0.25, -0.2) is 4.79 Å². The largest absolute Gasteiger partial charge is 0.493 e. The number of urea groups is 1. The first kappa shape index (κ1) is 18.2. The molecule has 0 aliphatic carbocycles. The summed E-state index contributed by atoms with van der Waals surface area (Å²) in [5.41, 5.74) is 0.0203. The third kappa shape index (κ3) is 2.58. The molecule has 7 heteroatoms. The summed E-state index contributed by atoms with van der Waals surface area (Å²) in [4.78, 5) is 27.5. The Hall–Kier alpha value is -3.22. The van der Waals surface area contributed by atoms with Crippen molar-refractivity contribution in [3.8, 4) is 11.5 Å². The molecule has 1 N–H and O–H groups in total. The molecule has 146 valence electrons. The second-order valence-electron chi connectivity index (χ2n) is 6.86. The van der Waals surface area contributed by atoms with Crippen LogP contribution in [0.1, 0.15) is 25.5 Å². The van der Waals surface area contributed by atoms with Gasteiger partial charge in [0, 0.05) is 11.3 Å². The Kier molecular flexibility index (Phi) is 4.37. The van der Waals surface area contributed by atoms with E-state index >= 15 is 0 Å². The highest BCUT2D eigenvalue weighted by molar-refractivity contribution is 5.97. The van der Waals surface area contributed by atoms with E-state index in [1.165, 1.54) is 4.90 Å². The minimum absolute atomic E-state index is 0.238. The lowest BCUT2D eigenvalue weighted by molar-refractivity contribution is -0.160. The molecular formula is C21H22N2O5. The van der Waals surface area contributed by atoms with Gasteiger partial charge in [-0.3, -0.25) is 9.69 Å². The molecular weight excluding hydrogens is 360 g/mol. The van der Waals surface area contributed by atoms with Crippen molar-refractivity contribution in [1.29, 1.82) is 0 Å². The summed E-state index contributed by atoms with van der Waals surface area (Å²) in [5, 5.41) is 2.97. The molecule has 2 bridgehead atoms. The number of nitrogens with zero attached hydrogens (tertiary/aromatic N) is 1. The molecule has 0 aromatic heterocycles. The predicted octanol–water partition coefficient (Wildman–Crippen LogP) is 3.25. The Morgan fingerprint density at radius 1 is 1.21 bits per heavy atom. The summed E-state index contributed by atoms with van der Waals surface area (Å²) in [7, 11) is 1.56. The zero-order valence-electron chi connectivity index (χ0n) is 16.0. The Bertz CT molecular complexity index is 916. The average Bonchev–Trinajstić information content (AvgIpc) is 2.68. The third-order valence-electron chi connectivity index (χ3n) is 5.26. The van der Waals surface area contributed by atoms with Crippen molar-refractivity contribution >= 4 is 17.7 Å². The molecule has 1 fully saturated rings. The zero-order chi connectivity index (χ0) is 19.9. The van der Waals surface area contributed by atoms with Crippen LogP contribution in [-0.2, 0) is 9.53 Å². The Morgan fingerprint density at radius 2 is 1.96 bits per heavy atom. The third-order valence-corrected chi connectivity index (χ3v) is 5.26. The number of amides is 2. The van der Waals surface area contributed by atoms with E-state index in [-0.39, 0.29) is 12.6 Å². The number of esters is 1. The second-order valence-corrected chi connectivity index (χ2v) is 6.86. The van der Waals surface area contributed by atoms with Crippen molar-refractivity contribution < 1.29 is 23.8 Å². The van der Waals surface area contributed by atoms with E-state index in [2.05, 4.69) is 5.32 Å². The van der Waals surface area contributed by atoms with Gasteiger partial charge in [-0.05, 0) is 32.0 Å². The standard InChI is InChI=1S/C21H22N2O5/c1-4-27-19(24)16-17-14-11-8-12-15(26-3)18(14)28-21(16,2)23(20(25)22-17)13-9-6-5-7-10-13/h5-12,16-17H,4H2,1-3H3,(H,22,25)/t16-,17-,21-/m0/s1. The maximum Gasteiger partial charge on any atom is 0.325 e. The summed E-state index contributed by atoms with van der Waals surface area (Å²) in [6.07, 6.45) is 0. The summed E-state index contributed by atoms with van der Waals surface area (Å²) in [6.45, 7) is 3.73. The second kappa shape index (κ2) is 6.74. The maximum absolute atomic E-state index is 13.1. The molecule has 2 aromatic rings. The van der Waals surface area contributed by atoms with E-state index < -0.39 is 23.7 Å². The highest BCUT2D eigenvalue weighted by Crippen LogP contribution is 2.52. The van der Waals surface area contributed by atoms with Crippen molar-refractivity contribution in [2.45, 2.75) is 25.6 Å². The molecule has 0 unspecified atom stereocenters. The summed E-state index contributed by atoms with van der Waals surface area (Å²) in [6, 6.07) is 13.6. The molecule has 2 aromatic carbocycles. The van der Waals surface area contributed by atoms with Gasteiger partial charge in [0.2, 0.25) is 5.72 Å². The smallest absolute Gasteiger partial charge is 0.325 e. The monoisotopic (exact) mass is 382 g/mol. The average molecular weight is 382 g/mol. The number of para-hydroxylation sites is 2. The van der Waals surface area contributed by atoms with Gasteiger partial charge in [0.05, 0.1) is 19.8 Å². The number of hydrogen-bond donors (Lipinski definition) is 1. The topological polar surface area (TPSA) is 77.1 Å². The van der Waals surface area contributed by atoms with Crippen LogP contribution in [0.2, 0.25) is 0 Å². The van der Waals surface area contributed by atoms with Crippen LogP contribution in [0.15, 0.2) is 48.5 Å². The Labute approximate surface area is 163 Å². The molecule has 2 heterocycles. The molecule has 28 heavy (non-hydrogen) atoms. The van der Waals surface area contributed by atoms with Crippen molar-refractivity contribution in [2.24, 2.45) is 5.92 Å².